The number of aliphatic carboxylic acids is 1. The Labute approximate surface area is 105 Å². The second-order valence-electron chi connectivity index (χ2n) is 4.17. The third-order valence-electron chi connectivity index (χ3n) is 2.70. The van der Waals surface area contributed by atoms with Gasteiger partial charge in [-0.3, -0.25) is 0 Å². The molecule has 0 aromatic heterocycles. The van der Waals surface area contributed by atoms with Crippen LogP contribution in [0.1, 0.15) is 12.5 Å². The first kappa shape index (κ1) is 13.0. The quantitative estimate of drug-likeness (QED) is 0.858. The van der Waals surface area contributed by atoms with Gasteiger partial charge < -0.3 is 19.3 Å². The van der Waals surface area contributed by atoms with E-state index in [-0.39, 0.29) is 6.61 Å². The molecule has 0 radical (unpaired) electrons. The molecule has 5 heteroatoms. The predicted molar refractivity (Wildman–Crippen MR) is 62.9 cm³/mol. The molecule has 1 N–H and O–H groups in total. The fourth-order valence-electron chi connectivity index (χ4n) is 1.80. The molecule has 1 aromatic carbocycles. The van der Waals surface area contributed by atoms with Gasteiger partial charge >= 0.3 is 5.97 Å². The van der Waals surface area contributed by atoms with Crippen LogP contribution in [0.3, 0.4) is 0 Å². The summed E-state index contributed by atoms with van der Waals surface area (Å²) >= 11 is 0. The number of rotatable bonds is 5. The molecule has 18 heavy (non-hydrogen) atoms. The lowest BCUT2D eigenvalue weighted by Gasteiger charge is -2.10. The molecule has 3 atom stereocenters. The van der Waals surface area contributed by atoms with E-state index in [4.69, 9.17) is 19.3 Å². The Balaban J connectivity index is 1.74. The van der Waals surface area contributed by atoms with E-state index < -0.39 is 24.5 Å². The zero-order valence-corrected chi connectivity index (χ0v) is 10.1. The van der Waals surface area contributed by atoms with Crippen LogP contribution in [0.4, 0.5) is 0 Å². The topological polar surface area (TPSA) is 65.0 Å². The Hall–Kier alpha value is -1.43. The second kappa shape index (κ2) is 5.95. The van der Waals surface area contributed by atoms with Gasteiger partial charge in [-0.1, -0.05) is 30.3 Å². The monoisotopic (exact) mass is 252 g/mol. The SMILES string of the molecule is C[C@H]1O[C@@H](COCc2ccccc2)O[C@@H]1C(=O)O. The van der Waals surface area contributed by atoms with E-state index in [1.807, 2.05) is 30.3 Å². The van der Waals surface area contributed by atoms with Crippen molar-refractivity contribution in [1.29, 1.82) is 0 Å². The highest BCUT2D eigenvalue weighted by Crippen LogP contribution is 2.19. The summed E-state index contributed by atoms with van der Waals surface area (Å²) in [5.74, 6) is -1.01. The normalized spacial score (nSPS) is 27.3. The average molecular weight is 252 g/mol. The standard InChI is InChI=1S/C13H16O5/c1-9-12(13(14)15)18-11(17-9)8-16-7-10-5-3-2-4-6-10/h2-6,9,11-12H,7-8H2,1H3,(H,14,15)/t9-,11-,12+/m1/s1. The van der Waals surface area contributed by atoms with Gasteiger partial charge in [-0.15, -0.1) is 0 Å². The molecule has 1 aromatic rings. The van der Waals surface area contributed by atoms with Crippen molar-refractivity contribution >= 4 is 5.97 Å². The molecular weight excluding hydrogens is 236 g/mol. The molecular formula is C13H16O5. The molecule has 0 bridgehead atoms. The first-order valence-electron chi connectivity index (χ1n) is 5.82. The van der Waals surface area contributed by atoms with Crippen molar-refractivity contribution in [1.82, 2.24) is 0 Å². The Morgan fingerprint density at radius 3 is 2.67 bits per heavy atom. The van der Waals surface area contributed by atoms with Crippen molar-refractivity contribution in [3.8, 4) is 0 Å². The second-order valence-corrected chi connectivity index (χ2v) is 4.17. The molecule has 98 valence electrons. The highest BCUT2D eigenvalue weighted by atomic mass is 16.7. The van der Waals surface area contributed by atoms with Gasteiger partial charge in [0, 0.05) is 0 Å². The molecule has 0 spiro atoms. The van der Waals surface area contributed by atoms with Crippen LogP contribution in [-0.2, 0) is 25.6 Å². The number of benzene rings is 1. The maximum atomic E-state index is 10.8. The summed E-state index contributed by atoms with van der Waals surface area (Å²) in [5.41, 5.74) is 1.05. The van der Waals surface area contributed by atoms with Crippen LogP contribution in [0.15, 0.2) is 30.3 Å². The van der Waals surface area contributed by atoms with Crippen LogP contribution in [0.5, 0.6) is 0 Å². The lowest BCUT2D eigenvalue weighted by molar-refractivity contribution is -0.154. The van der Waals surface area contributed by atoms with E-state index in [1.165, 1.54) is 0 Å². The smallest absolute Gasteiger partial charge is 0.335 e. The fourth-order valence-corrected chi connectivity index (χ4v) is 1.80. The van der Waals surface area contributed by atoms with E-state index in [9.17, 15) is 4.79 Å². The van der Waals surface area contributed by atoms with Gasteiger partial charge in [0.05, 0.1) is 19.3 Å². The number of carbonyl (C=O) groups is 1. The highest BCUT2D eigenvalue weighted by molar-refractivity contribution is 5.73. The summed E-state index contributed by atoms with van der Waals surface area (Å²) in [6, 6.07) is 9.72. The lowest BCUT2D eigenvalue weighted by Crippen LogP contribution is -2.28. The molecule has 1 saturated heterocycles. The number of hydrogen-bond acceptors (Lipinski definition) is 4. The minimum absolute atomic E-state index is 0.225. The zero-order chi connectivity index (χ0) is 13.0. The molecule has 1 aliphatic heterocycles. The third kappa shape index (κ3) is 3.29. The van der Waals surface area contributed by atoms with E-state index in [2.05, 4.69) is 0 Å². The van der Waals surface area contributed by atoms with Gasteiger partial charge in [0.25, 0.3) is 0 Å². The summed E-state index contributed by atoms with van der Waals surface area (Å²) in [6.45, 7) is 2.36. The largest absolute Gasteiger partial charge is 0.479 e. The van der Waals surface area contributed by atoms with Crippen molar-refractivity contribution in [2.75, 3.05) is 6.61 Å². The van der Waals surface area contributed by atoms with E-state index in [0.29, 0.717) is 6.61 Å². The maximum absolute atomic E-state index is 10.8. The first-order chi connectivity index (χ1) is 8.66. The summed E-state index contributed by atoms with van der Waals surface area (Å²) in [7, 11) is 0. The Morgan fingerprint density at radius 2 is 2.06 bits per heavy atom. The summed E-state index contributed by atoms with van der Waals surface area (Å²) < 4.78 is 16.0. The van der Waals surface area contributed by atoms with Crippen molar-refractivity contribution in [3.63, 3.8) is 0 Å². The number of carboxylic acid groups (broad SMARTS) is 1. The average Bonchev–Trinajstić information content (AvgIpc) is 2.72. The van der Waals surface area contributed by atoms with Gasteiger partial charge in [-0.2, -0.15) is 0 Å². The number of hydrogen-bond donors (Lipinski definition) is 1. The van der Waals surface area contributed by atoms with Gasteiger partial charge in [0.1, 0.15) is 0 Å². The van der Waals surface area contributed by atoms with E-state index >= 15 is 0 Å². The molecule has 1 fully saturated rings. The first-order valence-corrected chi connectivity index (χ1v) is 5.82. The third-order valence-corrected chi connectivity index (χ3v) is 2.70. The minimum Gasteiger partial charge on any atom is -0.479 e. The van der Waals surface area contributed by atoms with Crippen LogP contribution in [0.2, 0.25) is 0 Å². The van der Waals surface area contributed by atoms with Crippen molar-refractivity contribution in [2.45, 2.75) is 32.0 Å². The Morgan fingerprint density at radius 1 is 1.33 bits per heavy atom. The Bertz CT molecular complexity index is 392. The summed E-state index contributed by atoms with van der Waals surface area (Å²) in [4.78, 5) is 10.8. The van der Waals surface area contributed by atoms with Gasteiger partial charge in [-0.05, 0) is 12.5 Å². The minimum atomic E-state index is -1.01. The van der Waals surface area contributed by atoms with Gasteiger partial charge in [0.15, 0.2) is 12.4 Å². The lowest BCUT2D eigenvalue weighted by atomic mass is 10.2. The van der Waals surface area contributed by atoms with Crippen molar-refractivity contribution < 1.29 is 24.1 Å². The van der Waals surface area contributed by atoms with Crippen LogP contribution in [-0.4, -0.2) is 36.2 Å². The van der Waals surface area contributed by atoms with Crippen LogP contribution in [0, 0.1) is 0 Å². The molecule has 0 unspecified atom stereocenters. The Kier molecular flexibility index (Phi) is 4.30. The van der Waals surface area contributed by atoms with Gasteiger partial charge in [0.2, 0.25) is 0 Å². The fraction of sp³-hybridized carbons (Fsp3) is 0.462. The van der Waals surface area contributed by atoms with E-state index in [1.54, 1.807) is 6.92 Å². The van der Waals surface area contributed by atoms with Crippen molar-refractivity contribution in [2.24, 2.45) is 0 Å². The van der Waals surface area contributed by atoms with E-state index in [0.717, 1.165) is 5.56 Å². The molecule has 1 heterocycles. The van der Waals surface area contributed by atoms with Crippen LogP contribution >= 0.6 is 0 Å². The van der Waals surface area contributed by atoms with Crippen LogP contribution < -0.4 is 0 Å². The van der Waals surface area contributed by atoms with Gasteiger partial charge in [-0.25, -0.2) is 4.79 Å². The highest BCUT2D eigenvalue weighted by Gasteiger charge is 2.38. The maximum Gasteiger partial charge on any atom is 0.335 e. The van der Waals surface area contributed by atoms with Crippen molar-refractivity contribution in [3.05, 3.63) is 35.9 Å². The molecule has 5 nitrogen and oxygen atoms in total. The number of carboxylic acids is 1. The molecule has 0 saturated carbocycles. The molecule has 0 aliphatic carbocycles. The summed E-state index contributed by atoms with van der Waals surface area (Å²) in [5, 5.41) is 8.86. The molecule has 0 amide bonds. The predicted octanol–water partition coefficient (Wildman–Crippen LogP) is 1.42. The number of ether oxygens (including phenoxy) is 3. The molecule has 1 aliphatic rings. The zero-order valence-electron chi connectivity index (χ0n) is 10.1. The summed E-state index contributed by atoms with van der Waals surface area (Å²) in [6.07, 6.45) is -1.96. The molecule has 2 rings (SSSR count). The van der Waals surface area contributed by atoms with Crippen LogP contribution in [0.25, 0.3) is 0 Å².